The molecule has 0 spiro atoms. The summed E-state index contributed by atoms with van der Waals surface area (Å²) in [6, 6.07) is 13.1. The van der Waals surface area contributed by atoms with Crippen LogP contribution in [0, 0.1) is 0 Å². The van der Waals surface area contributed by atoms with E-state index >= 15 is 0 Å². The number of phenolic OH excluding ortho intramolecular Hbond substituents is 1. The van der Waals surface area contributed by atoms with Crippen LogP contribution in [0.3, 0.4) is 0 Å². The Morgan fingerprint density at radius 1 is 1.00 bits per heavy atom. The summed E-state index contributed by atoms with van der Waals surface area (Å²) in [7, 11) is 0. The number of phenols is 1. The van der Waals surface area contributed by atoms with Crippen LogP contribution in [0.1, 0.15) is 0 Å². The van der Waals surface area contributed by atoms with Crippen LogP contribution in [-0.4, -0.2) is 48.5 Å². The number of aromatic hydroxyl groups is 1. The lowest BCUT2D eigenvalue weighted by molar-refractivity contribution is 0.272. The molecule has 1 aliphatic rings. The van der Waals surface area contributed by atoms with Crippen molar-refractivity contribution in [2.45, 2.75) is 4.90 Å². The topological polar surface area (TPSA) is 26.7 Å². The van der Waals surface area contributed by atoms with Gasteiger partial charge in [-0.15, -0.1) is 11.8 Å². The SMILES string of the molecule is Oc1ccccc1N1CCN(CCSc2cc(Cl)ccc2Cl)CC1. The summed E-state index contributed by atoms with van der Waals surface area (Å²) in [5, 5.41) is 11.4. The third-order valence-electron chi connectivity index (χ3n) is 4.15. The predicted octanol–water partition coefficient (Wildman–Crippen LogP) is 4.61. The molecule has 2 aromatic rings. The summed E-state index contributed by atoms with van der Waals surface area (Å²) in [6.07, 6.45) is 0. The third-order valence-corrected chi connectivity index (χ3v) is 5.87. The first-order valence-corrected chi connectivity index (χ1v) is 9.71. The van der Waals surface area contributed by atoms with Gasteiger partial charge in [-0.3, -0.25) is 4.90 Å². The molecule has 1 heterocycles. The Labute approximate surface area is 157 Å². The first kappa shape index (κ1) is 17.7. The molecule has 0 aromatic heterocycles. The Morgan fingerprint density at radius 2 is 1.75 bits per heavy atom. The van der Waals surface area contributed by atoms with E-state index in [2.05, 4.69) is 9.80 Å². The molecule has 6 heteroatoms. The molecule has 0 atom stereocenters. The van der Waals surface area contributed by atoms with Crippen molar-refractivity contribution in [2.24, 2.45) is 0 Å². The number of rotatable bonds is 5. The molecule has 0 radical (unpaired) electrons. The van der Waals surface area contributed by atoms with Crippen molar-refractivity contribution in [3.8, 4) is 5.75 Å². The maximum absolute atomic E-state index is 9.96. The van der Waals surface area contributed by atoms with Gasteiger partial charge in [0.05, 0.1) is 10.7 Å². The molecular weight excluding hydrogens is 363 g/mol. The van der Waals surface area contributed by atoms with E-state index in [4.69, 9.17) is 23.2 Å². The van der Waals surface area contributed by atoms with Crippen LogP contribution in [-0.2, 0) is 0 Å². The second-order valence-electron chi connectivity index (χ2n) is 5.74. The highest BCUT2D eigenvalue weighted by atomic mass is 35.5. The van der Waals surface area contributed by atoms with Gasteiger partial charge in [-0.25, -0.2) is 0 Å². The maximum atomic E-state index is 9.96. The lowest BCUT2D eigenvalue weighted by Crippen LogP contribution is -2.47. The summed E-state index contributed by atoms with van der Waals surface area (Å²) in [6.45, 7) is 4.87. The van der Waals surface area contributed by atoms with E-state index in [0.717, 1.165) is 59.1 Å². The van der Waals surface area contributed by atoms with Crippen LogP contribution in [0.25, 0.3) is 0 Å². The molecule has 0 amide bonds. The largest absolute Gasteiger partial charge is 0.506 e. The van der Waals surface area contributed by atoms with E-state index < -0.39 is 0 Å². The Balaban J connectivity index is 1.46. The van der Waals surface area contributed by atoms with E-state index in [1.165, 1.54) is 0 Å². The highest BCUT2D eigenvalue weighted by Crippen LogP contribution is 2.30. The fourth-order valence-corrected chi connectivity index (χ4v) is 4.32. The number of thioether (sulfide) groups is 1. The summed E-state index contributed by atoms with van der Waals surface area (Å²) >= 11 is 14.0. The van der Waals surface area contributed by atoms with E-state index in [1.807, 2.05) is 36.4 Å². The van der Waals surface area contributed by atoms with Crippen LogP contribution < -0.4 is 4.90 Å². The van der Waals surface area contributed by atoms with Crippen molar-refractivity contribution < 1.29 is 5.11 Å². The normalized spacial score (nSPS) is 15.7. The summed E-state index contributed by atoms with van der Waals surface area (Å²) < 4.78 is 0. The number of piperazine rings is 1. The fraction of sp³-hybridized carbons (Fsp3) is 0.333. The molecule has 128 valence electrons. The highest BCUT2D eigenvalue weighted by molar-refractivity contribution is 7.99. The smallest absolute Gasteiger partial charge is 0.138 e. The van der Waals surface area contributed by atoms with E-state index in [0.29, 0.717) is 5.75 Å². The van der Waals surface area contributed by atoms with Crippen LogP contribution >= 0.6 is 35.0 Å². The molecule has 0 saturated carbocycles. The van der Waals surface area contributed by atoms with Crippen LogP contribution in [0.4, 0.5) is 5.69 Å². The zero-order valence-corrected chi connectivity index (χ0v) is 15.6. The Hall–Kier alpha value is -1.07. The molecule has 2 aromatic carbocycles. The molecular formula is C18H20Cl2N2OS. The quantitative estimate of drug-likeness (QED) is 0.763. The van der Waals surface area contributed by atoms with Crippen LogP contribution in [0.15, 0.2) is 47.4 Å². The van der Waals surface area contributed by atoms with E-state index in [-0.39, 0.29) is 0 Å². The molecule has 1 saturated heterocycles. The van der Waals surface area contributed by atoms with E-state index in [1.54, 1.807) is 17.8 Å². The predicted molar refractivity (Wildman–Crippen MR) is 104 cm³/mol. The number of hydrogen-bond donors (Lipinski definition) is 1. The van der Waals surface area contributed by atoms with Gasteiger partial charge in [0.2, 0.25) is 0 Å². The van der Waals surface area contributed by atoms with Crippen LogP contribution in [0.5, 0.6) is 5.75 Å². The van der Waals surface area contributed by atoms with Crippen LogP contribution in [0.2, 0.25) is 10.0 Å². The lowest BCUT2D eigenvalue weighted by atomic mass is 10.2. The lowest BCUT2D eigenvalue weighted by Gasteiger charge is -2.36. The summed E-state index contributed by atoms with van der Waals surface area (Å²) in [5.41, 5.74) is 0.928. The second-order valence-corrected chi connectivity index (χ2v) is 7.72. The molecule has 0 bridgehead atoms. The van der Waals surface area contributed by atoms with Gasteiger partial charge in [0, 0.05) is 48.4 Å². The van der Waals surface area contributed by atoms with Gasteiger partial charge in [0.1, 0.15) is 5.75 Å². The van der Waals surface area contributed by atoms with Crippen molar-refractivity contribution in [2.75, 3.05) is 43.4 Å². The summed E-state index contributed by atoms with van der Waals surface area (Å²) in [5.74, 6) is 1.34. The van der Waals surface area contributed by atoms with Gasteiger partial charge >= 0.3 is 0 Å². The molecule has 3 rings (SSSR count). The Kier molecular flexibility index (Phi) is 6.17. The number of benzene rings is 2. The van der Waals surface area contributed by atoms with Gasteiger partial charge in [-0.1, -0.05) is 35.3 Å². The van der Waals surface area contributed by atoms with Gasteiger partial charge < -0.3 is 10.0 Å². The minimum atomic E-state index is 0.358. The Morgan fingerprint density at radius 3 is 2.50 bits per heavy atom. The number of nitrogens with zero attached hydrogens (tertiary/aromatic N) is 2. The first-order chi connectivity index (χ1) is 11.6. The molecule has 0 aliphatic carbocycles. The zero-order chi connectivity index (χ0) is 16.9. The fourth-order valence-electron chi connectivity index (χ4n) is 2.82. The molecule has 1 fully saturated rings. The van der Waals surface area contributed by atoms with Crippen molar-refractivity contribution in [1.29, 1.82) is 0 Å². The standard InChI is InChI=1S/C18H20Cl2N2OS/c19-14-5-6-15(20)18(13-14)24-12-11-21-7-9-22(10-8-21)16-3-1-2-4-17(16)23/h1-6,13,23H,7-12H2. The zero-order valence-electron chi connectivity index (χ0n) is 13.3. The average Bonchev–Trinajstić information content (AvgIpc) is 2.59. The third kappa shape index (κ3) is 4.51. The molecule has 3 nitrogen and oxygen atoms in total. The van der Waals surface area contributed by atoms with Crippen molar-refractivity contribution in [3.05, 3.63) is 52.5 Å². The monoisotopic (exact) mass is 382 g/mol. The van der Waals surface area contributed by atoms with Crippen molar-refractivity contribution in [3.63, 3.8) is 0 Å². The van der Waals surface area contributed by atoms with Gasteiger partial charge in [0.15, 0.2) is 0 Å². The van der Waals surface area contributed by atoms with Gasteiger partial charge in [-0.05, 0) is 30.3 Å². The van der Waals surface area contributed by atoms with Crippen molar-refractivity contribution >= 4 is 40.7 Å². The molecule has 1 N–H and O–H groups in total. The summed E-state index contributed by atoms with van der Waals surface area (Å²) in [4.78, 5) is 5.73. The van der Waals surface area contributed by atoms with E-state index in [9.17, 15) is 5.11 Å². The number of hydrogen-bond acceptors (Lipinski definition) is 4. The van der Waals surface area contributed by atoms with Crippen molar-refractivity contribution in [1.82, 2.24) is 4.90 Å². The molecule has 0 unspecified atom stereocenters. The molecule has 24 heavy (non-hydrogen) atoms. The Bertz CT molecular complexity index is 690. The average molecular weight is 383 g/mol. The first-order valence-electron chi connectivity index (χ1n) is 7.96. The number of halogens is 2. The second kappa shape index (κ2) is 8.34. The number of anilines is 1. The number of para-hydroxylation sites is 2. The molecule has 1 aliphatic heterocycles. The minimum absolute atomic E-state index is 0.358. The van der Waals surface area contributed by atoms with Gasteiger partial charge in [0.25, 0.3) is 0 Å². The van der Waals surface area contributed by atoms with Gasteiger partial charge in [-0.2, -0.15) is 0 Å². The maximum Gasteiger partial charge on any atom is 0.138 e. The minimum Gasteiger partial charge on any atom is -0.506 e. The highest BCUT2D eigenvalue weighted by Gasteiger charge is 2.18.